The second-order valence-electron chi connectivity index (χ2n) is 7.39. The molecule has 30 heavy (non-hydrogen) atoms. The molecule has 0 spiro atoms. The van der Waals surface area contributed by atoms with Gasteiger partial charge in [0.2, 0.25) is 5.91 Å². The van der Waals surface area contributed by atoms with Crippen molar-refractivity contribution in [3.05, 3.63) is 70.2 Å². The second-order valence-corrected chi connectivity index (χ2v) is 9.37. The van der Waals surface area contributed by atoms with Crippen LogP contribution in [0.15, 0.2) is 53.9 Å². The van der Waals surface area contributed by atoms with Gasteiger partial charge in [-0.3, -0.25) is 4.79 Å². The third-order valence-electron chi connectivity index (χ3n) is 4.94. The van der Waals surface area contributed by atoms with Gasteiger partial charge in [-0.2, -0.15) is 0 Å². The number of aryl methyl sites for hydroxylation is 2. The third kappa shape index (κ3) is 5.52. The first kappa shape index (κ1) is 20.7. The van der Waals surface area contributed by atoms with Crippen LogP contribution < -0.4 is 5.32 Å². The summed E-state index contributed by atoms with van der Waals surface area (Å²) in [5.74, 6) is 0.119. The Labute approximate surface area is 185 Å². The first-order valence-electron chi connectivity index (χ1n) is 10.3. The summed E-state index contributed by atoms with van der Waals surface area (Å²) in [6.45, 7) is 2.72. The fourth-order valence-corrected chi connectivity index (χ4v) is 5.13. The number of para-hydroxylation sites is 1. The topological polar surface area (TPSA) is 54.9 Å². The van der Waals surface area contributed by atoms with E-state index < -0.39 is 0 Å². The van der Waals surface area contributed by atoms with E-state index in [9.17, 15) is 4.79 Å². The van der Waals surface area contributed by atoms with Crippen LogP contribution >= 0.6 is 22.7 Å². The molecule has 0 bridgehead atoms. The number of aromatic nitrogens is 2. The summed E-state index contributed by atoms with van der Waals surface area (Å²) in [4.78, 5) is 21.5. The number of carbonyl (C=O) groups excluding carboxylic acids is 1. The van der Waals surface area contributed by atoms with Crippen molar-refractivity contribution in [2.45, 2.75) is 39.0 Å². The molecule has 0 radical (unpaired) electrons. The predicted octanol–water partition coefficient (Wildman–Crippen LogP) is 5.80. The summed E-state index contributed by atoms with van der Waals surface area (Å²) in [7, 11) is 0. The predicted molar refractivity (Wildman–Crippen MR) is 126 cm³/mol. The summed E-state index contributed by atoms with van der Waals surface area (Å²) in [5.41, 5.74) is 4.50. The monoisotopic (exact) mass is 435 g/mol. The largest absolute Gasteiger partial charge is 0.356 e. The second kappa shape index (κ2) is 9.96. The zero-order chi connectivity index (χ0) is 20.8. The van der Waals surface area contributed by atoms with Crippen molar-refractivity contribution in [1.29, 1.82) is 0 Å². The van der Waals surface area contributed by atoms with E-state index in [1.807, 2.05) is 12.1 Å². The van der Waals surface area contributed by atoms with Crippen molar-refractivity contribution < 1.29 is 4.79 Å². The van der Waals surface area contributed by atoms with Gasteiger partial charge in [0.15, 0.2) is 0 Å². The maximum atomic E-state index is 12.1. The normalized spacial score (nSPS) is 11.1. The Bertz CT molecular complexity index is 1080. The SMILES string of the molecule is Cc1ccc(-c2nc(CCNC(=O)CCCCc3nc4ccccc4s3)cs2)cc1. The number of amides is 1. The molecule has 0 aliphatic heterocycles. The highest BCUT2D eigenvalue weighted by Gasteiger charge is 2.07. The van der Waals surface area contributed by atoms with Gasteiger partial charge in [0, 0.05) is 30.3 Å². The van der Waals surface area contributed by atoms with Crippen LogP contribution in [0, 0.1) is 6.92 Å². The van der Waals surface area contributed by atoms with Gasteiger partial charge < -0.3 is 5.32 Å². The van der Waals surface area contributed by atoms with E-state index in [0.29, 0.717) is 13.0 Å². The van der Waals surface area contributed by atoms with Crippen LogP contribution in [0.1, 0.15) is 35.5 Å². The zero-order valence-electron chi connectivity index (χ0n) is 17.1. The molecule has 2 heterocycles. The Morgan fingerprint density at radius 1 is 1.00 bits per heavy atom. The smallest absolute Gasteiger partial charge is 0.220 e. The number of benzene rings is 2. The standard InChI is InChI=1S/C24H25N3OS2/c1-17-10-12-18(13-11-17)24-26-19(16-29-24)14-15-25-22(28)8-4-5-9-23-27-20-6-2-3-7-21(20)30-23/h2-3,6-7,10-13,16H,4-5,8-9,14-15H2,1H3,(H,25,28). The quantitative estimate of drug-likeness (QED) is 0.338. The molecule has 1 N–H and O–H groups in total. The highest BCUT2D eigenvalue weighted by atomic mass is 32.1. The van der Waals surface area contributed by atoms with Crippen molar-refractivity contribution in [3.8, 4) is 10.6 Å². The van der Waals surface area contributed by atoms with Crippen LogP contribution in [-0.2, 0) is 17.6 Å². The fourth-order valence-electron chi connectivity index (χ4n) is 3.26. The summed E-state index contributed by atoms with van der Waals surface area (Å²) in [6, 6.07) is 16.6. The molecule has 4 rings (SSSR count). The van der Waals surface area contributed by atoms with Gasteiger partial charge in [-0.05, 0) is 38.3 Å². The van der Waals surface area contributed by atoms with Crippen LogP contribution in [0.4, 0.5) is 0 Å². The number of fused-ring (bicyclic) bond motifs is 1. The molecule has 6 heteroatoms. The molecule has 0 aliphatic rings. The highest BCUT2D eigenvalue weighted by Crippen LogP contribution is 2.24. The first-order valence-corrected chi connectivity index (χ1v) is 12.0. The summed E-state index contributed by atoms with van der Waals surface area (Å²) in [5, 5.41) is 7.29. The molecule has 0 fully saturated rings. The van der Waals surface area contributed by atoms with Crippen LogP contribution in [0.5, 0.6) is 0 Å². The van der Waals surface area contributed by atoms with E-state index >= 15 is 0 Å². The lowest BCUT2D eigenvalue weighted by Gasteiger charge is -2.04. The van der Waals surface area contributed by atoms with E-state index in [0.717, 1.165) is 52.5 Å². The molecular weight excluding hydrogens is 410 g/mol. The minimum absolute atomic E-state index is 0.119. The maximum Gasteiger partial charge on any atom is 0.220 e. The molecule has 0 saturated carbocycles. The molecular formula is C24H25N3OS2. The molecule has 0 unspecified atom stereocenters. The van der Waals surface area contributed by atoms with E-state index in [2.05, 4.69) is 59.0 Å². The molecule has 0 atom stereocenters. The number of nitrogens with one attached hydrogen (secondary N) is 1. The Morgan fingerprint density at radius 3 is 2.67 bits per heavy atom. The molecule has 1 amide bonds. The van der Waals surface area contributed by atoms with Gasteiger partial charge >= 0.3 is 0 Å². The Kier molecular flexibility index (Phi) is 6.87. The number of hydrogen-bond donors (Lipinski definition) is 1. The number of hydrogen-bond acceptors (Lipinski definition) is 5. The van der Waals surface area contributed by atoms with E-state index in [1.165, 1.54) is 10.3 Å². The van der Waals surface area contributed by atoms with Gasteiger partial charge in [0.25, 0.3) is 0 Å². The fraction of sp³-hybridized carbons (Fsp3) is 0.292. The number of unbranched alkanes of at least 4 members (excludes halogenated alkanes) is 1. The van der Waals surface area contributed by atoms with Gasteiger partial charge in [-0.25, -0.2) is 9.97 Å². The maximum absolute atomic E-state index is 12.1. The first-order chi connectivity index (χ1) is 14.7. The molecule has 4 nitrogen and oxygen atoms in total. The average Bonchev–Trinajstić information content (AvgIpc) is 3.38. The van der Waals surface area contributed by atoms with Crippen molar-refractivity contribution in [1.82, 2.24) is 15.3 Å². The lowest BCUT2D eigenvalue weighted by atomic mass is 10.2. The summed E-state index contributed by atoms with van der Waals surface area (Å²) >= 11 is 3.41. The van der Waals surface area contributed by atoms with Crippen LogP contribution in [0.2, 0.25) is 0 Å². The van der Waals surface area contributed by atoms with Gasteiger partial charge in [0.05, 0.1) is 20.9 Å². The minimum Gasteiger partial charge on any atom is -0.356 e. The van der Waals surface area contributed by atoms with E-state index in [1.54, 1.807) is 22.7 Å². The van der Waals surface area contributed by atoms with Crippen molar-refractivity contribution >= 4 is 38.8 Å². The average molecular weight is 436 g/mol. The summed E-state index contributed by atoms with van der Waals surface area (Å²) < 4.78 is 1.23. The van der Waals surface area contributed by atoms with Crippen LogP contribution in [0.25, 0.3) is 20.8 Å². The van der Waals surface area contributed by atoms with Crippen LogP contribution in [-0.4, -0.2) is 22.4 Å². The van der Waals surface area contributed by atoms with E-state index in [-0.39, 0.29) is 5.91 Å². The van der Waals surface area contributed by atoms with E-state index in [4.69, 9.17) is 4.98 Å². The summed E-state index contributed by atoms with van der Waals surface area (Å²) in [6.07, 6.45) is 4.14. The lowest BCUT2D eigenvalue weighted by molar-refractivity contribution is -0.121. The Hall–Kier alpha value is -2.57. The molecule has 4 aromatic rings. The van der Waals surface area contributed by atoms with Gasteiger partial charge in [-0.15, -0.1) is 22.7 Å². The van der Waals surface area contributed by atoms with Crippen molar-refractivity contribution in [2.75, 3.05) is 6.54 Å². The highest BCUT2D eigenvalue weighted by molar-refractivity contribution is 7.18. The zero-order valence-corrected chi connectivity index (χ0v) is 18.7. The molecule has 2 aromatic carbocycles. The number of nitrogens with zero attached hydrogens (tertiary/aromatic N) is 2. The van der Waals surface area contributed by atoms with Crippen LogP contribution in [0.3, 0.4) is 0 Å². The number of rotatable bonds is 9. The number of thiazole rings is 2. The third-order valence-corrected chi connectivity index (χ3v) is 6.97. The van der Waals surface area contributed by atoms with Gasteiger partial charge in [-0.1, -0.05) is 42.0 Å². The minimum atomic E-state index is 0.119. The van der Waals surface area contributed by atoms with Crippen molar-refractivity contribution in [2.24, 2.45) is 0 Å². The van der Waals surface area contributed by atoms with Gasteiger partial charge in [0.1, 0.15) is 5.01 Å². The molecule has 0 saturated heterocycles. The Morgan fingerprint density at radius 2 is 1.83 bits per heavy atom. The lowest BCUT2D eigenvalue weighted by Crippen LogP contribution is -2.25. The molecule has 2 aromatic heterocycles. The number of carbonyl (C=O) groups is 1. The molecule has 154 valence electrons. The Balaban J connectivity index is 1.14. The van der Waals surface area contributed by atoms with Crippen molar-refractivity contribution in [3.63, 3.8) is 0 Å². The molecule has 0 aliphatic carbocycles.